The van der Waals surface area contributed by atoms with Gasteiger partial charge in [-0.2, -0.15) is 0 Å². The van der Waals surface area contributed by atoms with Crippen LogP contribution in [0.15, 0.2) is 42.5 Å². The molecule has 1 amide bonds. The molecule has 0 fully saturated rings. The number of rotatable bonds is 5. The van der Waals surface area contributed by atoms with Crippen LogP contribution in [0.5, 0.6) is 5.75 Å². The molecule has 0 spiro atoms. The van der Waals surface area contributed by atoms with Crippen molar-refractivity contribution in [3.63, 3.8) is 0 Å². The summed E-state index contributed by atoms with van der Waals surface area (Å²) in [6.45, 7) is 1.89. The largest absolute Gasteiger partial charge is 0.496 e. The molecule has 122 valence electrons. The summed E-state index contributed by atoms with van der Waals surface area (Å²) in [7, 11) is -1.64. The number of anilines is 1. The van der Waals surface area contributed by atoms with Gasteiger partial charge in [-0.15, -0.1) is 0 Å². The molecule has 0 aromatic heterocycles. The van der Waals surface area contributed by atoms with Gasteiger partial charge in [0.15, 0.2) is 9.84 Å². The van der Waals surface area contributed by atoms with E-state index in [-0.39, 0.29) is 11.7 Å². The van der Waals surface area contributed by atoms with Gasteiger partial charge in [0, 0.05) is 17.5 Å². The molecule has 0 radical (unpaired) electrons. The lowest BCUT2D eigenvalue weighted by molar-refractivity contribution is 0.102. The number of nitrogens with one attached hydrogen (secondary N) is 1. The van der Waals surface area contributed by atoms with E-state index in [0.717, 1.165) is 11.8 Å². The Morgan fingerprint density at radius 2 is 1.87 bits per heavy atom. The molecule has 0 aliphatic carbocycles. The van der Waals surface area contributed by atoms with Crippen LogP contribution in [-0.4, -0.2) is 27.7 Å². The predicted octanol–water partition coefficient (Wildman–Crippen LogP) is 2.80. The van der Waals surface area contributed by atoms with E-state index in [1.54, 1.807) is 49.6 Å². The number of methoxy groups -OCH3 is 1. The Morgan fingerprint density at radius 1 is 1.17 bits per heavy atom. The van der Waals surface area contributed by atoms with Crippen LogP contribution in [0.3, 0.4) is 0 Å². The maximum Gasteiger partial charge on any atom is 0.255 e. The van der Waals surface area contributed by atoms with E-state index in [9.17, 15) is 13.2 Å². The molecule has 2 rings (SSSR count). The summed E-state index contributed by atoms with van der Waals surface area (Å²) in [6, 6.07) is 12.0. The first-order valence-electron chi connectivity index (χ1n) is 7.02. The number of carbonyl (C=O) groups excluding carboxylic acids is 1. The molecule has 0 saturated heterocycles. The quantitative estimate of drug-likeness (QED) is 0.913. The van der Waals surface area contributed by atoms with E-state index >= 15 is 0 Å². The third kappa shape index (κ3) is 4.56. The first-order valence-corrected chi connectivity index (χ1v) is 9.08. The van der Waals surface area contributed by atoms with Crippen molar-refractivity contribution >= 4 is 21.4 Å². The number of hydrogen-bond donors (Lipinski definition) is 1. The van der Waals surface area contributed by atoms with E-state index in [2.05, 4.69) is 5.32 Å². The number of aryl methyl sites for hydroxylation is 1. The molecule has 0 unspecified atom stereocenters. The van der Waals surface area contributed by atoms with Crippen molar-refractivity contribution in [1.29, 1.82) is 0 Å². The van der Waals surface area contributed by atoms with Crippen molar-refractivity contribution in [3.05, 3.63) is 59.2 Å². The lowest BCUT2D eigenvalue weighted by Crippen LogP contribution is -2.14. The van der Waals surface area contributed by atoms with Crippen molar-refractivity contribution in [2.24, 2.45) is 0 Å². The minimum absolute atomic E-state index is 0.124. The zero-order valence-corrected chi connectivity index (χ0v) is 14.1. The fraction of sp³-hybridized carbons (Fsp3) is 0.235. The summed E-state index contributed by atoms with van der Waals surface area (Å²) in [5, 5.41) is 2.76. The molecule has 23 heavy (non-hydrogen) atoms. The molecule has 0 aliphatic rings. The van der Waals surface area contributed by atoms with Gasteiger partial charge in [0.25, 0.3) is 5.91 Å². The third-order valence-corrected chi connectivity index (χ3v) is 4.19. The summed E-state index contributed by atoms with van der Waals surface area (Å²) in [5.74, 6) is 0.187. The van der Waals surface area contributed by atoms with E-state index in [1.807, 2.05) is 6.92 Å². The van der Waals surface area contributed by atoms with Gasteiger partial charge in [0.05, 0.1) is 12.9 Å². The Morgan fingerprint density at radius 3 is 2.52 bits per heavy atom. The molecule has 0 heterocycles. The lowest BCUT2D eigenvalue weighted by atomic mass is 10.1. The normalized spacial score (nSPS) is 11.1. The number of amides is 1. The highest BCUT2D eigenvalue weighted by Gasteiger charge is 2.13. The van der Waals surface area contributed by atoms with Crippen LogP contribution in [-0.2, 0) is 15.6 Å². The zero-order chi connectivity index (χ0) is 17.0. The maximum atomic E-state index is 12.4. The monoisotopic (exact) mass is 333 g/mol. The van der Waals surface area contributed by atoms with Crippen molar-refractivity contribution in [1.82, 2.24) is 0 Å². The van der Waals surface area contributed by atoms with E-state index in [4.69, 9.17) is 4.74 Å². The number of para-hydroxylation sites is 1. The van der Waals surface area contributed by atoms with Gasteiger partial charge in [0.1, 0.15) is 5.75 Å². The van der Waals surface area contributed by atoms with Crippen LogP contribution in [0.1, 0.15) is 21.5 Å². The van der Waals surface area contributed by atoms with Gasteiger partial charge in [0.2, 0.25) is 0 Å². The van der Waals surface area contributed by atoms with E-state index in [1.165, 1.54) is 0 Å². The molecule has 0 aliphatic heterocycles. The lowest BCUT2D eigenvalue weighted by Gasteiger charge is -2.12. The smallest absolute Gasteiger partial charge is 0.255 e. The molecular formula is C17H19NO4S. The fourth-order valence-electron chi connectivity index (χ4n) is 2.21. The van der Waals surface area contributed by atoms with Crippen molar-refractivity contribution in [3.8, 4) is 5.75 Å². The van der Waals surface area contributed by atoms with Crippen LogP contribution in [0.2, 0.25) is 0 Å². The van der Waals surface area contributed by atoms with Gasteiger partial charge in [-0.05, 0) is 36.2 Å². The highest BCUT2D eigenvalue weighted by Crippen LogP contribution is 2.22. The van der Waals surface area contributed by atoms with Gasteiger partial charge >= 0.3 is 0 Å². The van der Waals surface area contributed by atoms with Crippen molar-refractivity contribution in [2.45, 2.75) is 12.7 Å². The summed E-state index contributed by atoms with van der Waals surface area (Å²) in [5.41, 5.74) is 2.42. The Kier molecular flexibility index (Phi) is 5.05. The van der Waals surface area contributed by atoms with Crippen LogP contribution in [0.25, 0.3) is 0 Å². The van der Waals surface area contributed by atoms with E-state index in [0.29, 0.717) is 22.6 Å². The summed E-state index contributed by atoms with van der Waals surface area (Å²) < 4.78 is 28.2. The number of ether oxygens (including phenoxy) is 1. The second kappa shape index (κ2) is 6.83. The molecule has 5 nitrogen and oxygen atoms in total. The van der Waals surface area contributed by atoms with Gasteiger partial charge in [-0.3, -0.25) is 4.79 Å². The van der Waals surface area contributed by atoms with E-state index < -0.39 is 9.84 Å². The fourth-order valence-corrected chi connectivity index (χ4v) is 3.02. The number of benzene rings is 2. The van der Waals surface area contributed by atoms with Crippen molar-refractivity contribution in [2.75, 3.05) is 18.7 Å². The SMILES string of the molecule is COc1cc(C(=O)Nc2ccccc2CS(C)(=O)=O)ccc1C. The molecule has 6 heteroatoms. The Hall–Kier alpha value is -2.34. The Bertz CT molecular complexity index is 828. The highest BCUT2D eigenvalue weighted by atomic mass is 32.2. The minimum Gasteiger partial charge on any atom is -0.496 e. The summed E-state index contributed by atoms with van der Waals surface area (Å²) >= 11 is 0. The maximum absolute atomic E-state index is 12.4. The minimum atomic E-state index is -3.19. The van der Waals surface area contributed by atoms with Gasteiger partial charge in [-0.1, -0.05) is 24.3 Å². The number of sulfone groups is 1. The Balaban J connectivity index is 2.27. The van der Waals surface area contributed by atoms with Gasteiger partial charge < -0.3 is 10.1 Å². The molecular weight excluding hydrogens is 314 g/mol. The Labute approximate surface area is 136 Å². The number of hydrogen-bond acceptors (Lipinski definition) is 4. The predicted molar refractivity (Wildman–Crippen MR) is 90.7 cm³/mol. The average Bonchev–Trinajstić information content (AvgIpc) is 2.48. The van der Waals surface area contributed by atoms with Crippen molar-refractivity contribution < 1.29 is 17.9 Å². The molecule has 2 aromatic rings. The van der Waals surface area contributed by atoms with Crippen LogP contribution in [0, 0.1) is 6.92 Å². The highest BCUT2D eigenvalue weighted by molar-refractivity contribution is 7.89. The second-order valence-electron chi connectivity index (χ2n) is 5.37. The zero-order valence-electron chi connectivity index (χ0n) is 13.3. The van der Waals surface area contributed by atoms with Crippen LogP contribution < -0.4 is 10.1 Å². The molecule has 0 saturated carbocycles. The topological polar surface area (TPSA) is 72.5 Å². The first kappa shape index (κ1) is 17.0. The van der Waals surface area contributed by atoms with Crippen LogP contribution >= 0.6 is 0 Å². The van der Waals surface area contributed by atoms with Gasteiger partial charge in [-0.25, -0.2) is 8.42 Å². The molecule has 0 bridgehead atoms. The second-order valence-corrected chi connectivity index (χ2v) is 7.51. The molecule has 1 N–H and O–H groups in total. The molecule has 2 aromatic carbocycles. The standard InChI is InChI=1S/C17H19NO4S/c1-12-8-9-13(10-16(12)22-2)17(19)18-15-7-5-4-6-14(15)11-23(3,20)21/h4-10H,11H2,1-3H3,(H,18,19). The summed E-state index contributed by atoms with van der Waals surface area (Å²) in [6.07, 6.45) is 1.16. The first-order chi connectivity index (χ1) is 10.8. The number of carbonyl (C=O) groups is 1. The average molecular weight is 333 g/mol. The summed E-state index contributed by atoms with van der Waals surface area (Å²) in [4.78, 5) is 12.4. The van der Waals surface area contributed by atoms with Crippen LogP contribution in [0.4, 0.5) is 5.69 Å². The molecule has 0 atom stereocenters. The third-order valence-electron chi connectivity index (χ3n) is 3.35.